The Morgan fingerprint density at radius 3 is 2.30 bits per heavy atom. The fraction of sp³-hybridized carbons (Fsp3) is 0.714. The van der Waals surface area contributed by atoms with Gasteiger partial charge in [0.1, 0.15) is 5.02 Å². The number of sulfonamides is 1. The lowest BCUT2D eigenvalue weighted by atomic mass is 9.95. The maximum absolute atomic E-state index is 12.6. The van der Waals surface area contributed by atoms with E-state index in [0.717, 1.165) is 12.8 Å². The van der Waals surface area contributed by atoms with Crippen LogP contribution in [0.5, 0.6) is 0 Å². The van der Waals surface area contributed by atoms with E-state index in [1.54, 1.807) is 4.31 Å². The Kier molecular flexibility index (Phi) is 5.01. The third-order valence-electron chi connectivity index (χ3n) is 4.74. The quantitative estimate of drug-likeness (QED) is 0.808. The van der Waals surface area contributed by atoms with E-state index in [4.69, 9.17) is 23.2 Å². The Labute approximate surface area is 145 Å². The van der Waals surface area contributed by atoms with Gasteiger partial charge in [-0.15, -0.1) is 0 Å². The van der Waals surface area contributed by atoms with Crippen molar-refractivity contribution in [1.29, 1.82) is 0 Å². The number of nitrogens with zero attached hydrogens (tertiary/aromatic N) is 3. The first kappa shape index (κ1) is 17.2. The van der Waals surface area contributed by atoms with Crippen molar-refractivity contribution in [3.8, 4) is 0 Å². The van der Waals surface area contributed by atoms with Crippen LogP contribution >= 0.6 is 23.2 Å². The zero-order valence-electron chi connectivity index (χ0n) is 12.6. The van der Waals surface area contributed by atoms with Gasteiger partial charge < -0.3 is 0 Å². The first-order valence-corrected chi connectivity index (χ1v) is 10.1. The van der Waals surface area contributed by atoms with E-state index in [9.17, 15) is 13.2 Å². The Bertz CT molecular complexity index is 736. The van der Waals surface area contributed by atoms with Crippen molar-refractivity contribution in [2.24, 2.45) is 0 Å². The summed E-state index contributed by atoms with van der Waals surface area (Å²) in [7, 11) is -3.21. The molecule has 0 spiro atoms. The standard InChI is InChI=1S/C14H19Cl2N3O3S/c15-12-9-17-19(14(20)13(12)16)10-3-5-11(6-4-10)23(21,22)18-7-1-2-8-18/h9-11H,1-8H2/t10-,11-. The normalized spacial score (nSPS) is 26.5. The smallest absolute Gasteiger partial charge is 0.266 e. The second-order valence-corrected chi connectivity index (χ2v) is 9.14. The monoisotopic (exact) mass is 379 g/mol. The van der Waals surface area contributed by atoms with E-state index in [0.29, 0.717) is 38.8 Å². The van der Waals surface area contributed by atoms with Crippen molar-refractivity contribution in [1.82, 2.24) is 14.1 Å². The molecule has 2 aliphatic rings. The molecule has 0 atom stereocenters. The largest absolute Gasteiger partial charge is 0.287 e. The first-order chi connectivity index (χ1) is 10.9. The van der Waals surface area contributed by atoms with Crippen LogP contribution in [-0.2, 0) is 10.0 Å². The van der Waals surface area contributed by atoms with Crippen molar-refractivity contribution >= 4 is 33.2 Å². The summed E-state index contributed by atoms with van der Waals surface area (Å²) in [6.45, 7) is 1.27. The minimum absolute atomic E-state index is 0.0338. The highest BCUT2D eigenvalue weighted by Crippen LogP contribution is 2.33. The number of halogens is 2. The average molecular weight is 380 g/mol. The molecular weight excluding hydrogens is 361 g/mol. The fourth-order valence-electron chi connectivity index (χ4n) is 3.43. The molecule has 6 nitrogen and oxygen atoms in total. The second kappa shape index (κ2) is 6.70. The molecule has 3 rings (SSSR count). The van der Waals surface area contributed by atoms with Gasteiger partial charge in [-0.25, -0.2) is 17.4 Å². The molecule has 128 valence electrons. The first-order valence-electron chi connectivity index (χ1n) is 7.83. The highest BCUT2D eigenvalue weighted by Gasteiger charge is 2.37. The predicted octanol–water partition coefficient (Wildman–Crippen LogP) is 2.46. The molecule has 2 fully saturated rings. The van der Waals surface area contributed by atoms with Gasteiger partial charge in [0, 0.05) is 13.1 Å². The van der Waals surface area contributed by atoms with Crippen LogP contribution in [0.4, 0.5) is 0 Å². The molecule has 2 heterocycles. The van der Waals surface area contributed by atoms with E-state index in [1.165, 1.54) is 10.9 Å². The van der Waals surface area contributed by atoms with Crippen LogP contribution < -0.4 is 5.56 Å². The summed E-state index contributed by atoms with van der Waals surface area (Å²) >= 11 is 11.7. The van der Waals surface area contributed by atoms with E-state index >= 15 is 0 Å². The number of hydrogen-bond acceptors (Lipinski definition) is 4. The van der Waals surface area contributed by atoms with Crippen molar-refractivity contribution < 1.29 is 8.42 Å². The number of rotatable bonds is 3. The highest BCUT2D eigenvalue weighted by atomic mass is 35.5. The maximum atomic E-state index is 12.6. The van der Waals surface area contributed by atoms with Gasteiger partial charge in [0.25, 0.3) is 5.56 Å². The average Bonchev–Trinajstić information content (AvgIpc) is 3.08. The predicted molar refractivity (Wildman–Crippen MR) is 89.5 cm³/mol. The van der Waals surface area contributed by atoms with Gasteiger partial charge in [0.05, 0.1) is 22.5 Å². The molecule has 1 saturated carbocycles. The zero-order valence-corrected chi connectivity index (χ0v) is 14.9. The molecule has 1 aromatic heterocycles. The second-order valence-electron chi connectivity index (χ2n) is 6.14. The third-order valence-corrected chi connectivity index (χ3v) is 7.88. The fourth-order valence-corrected chi connectivity index (χ4v) is 5.74. The maximum Gasteiger partial charge on any atom is 0.287 e. The Morgan fingerprint density at radius 2 is 1.70 bits per heavy atom. The van der Waals surface area contributed by atoms with Gasteiger partial charge in [0.15, 0.2) is 0 Å². The minimum Gasteiger partial charge on any atom is -0.266 e. The summed E-state index contributed by atoms with van der Waals surface area (Å²) < 4.78 is 28.2. The lowest BCUT2D eigenvalue weighted by Crippen LogP contribution is -2.40. The summed E-state index contributed by atoms with van der Waals surface area (Å²) in [4.78, 5) is 12.1. The van der Waals surface area contributed by atoms with Crippen molar-refractivity contribution in [2.45, 2.75) is 49.8 Å². The van der Waals surface area contributed by atoms with Gasteiger partial charge >= 0.3 is 0 Å². The molecule has 1 aliphatic heterocycles. The van der Waals surface area contributed by atoms with Crippen molar-refractivity contribution in [3.05, 3.63) is 26.6 Å². The number of hydrogen-bond donors (Lipinski definition) is 0. The molecule has 9 heteroatoms. The molecule has 1 saturated heterocycles. The zero-order chi connectivity index (χ0) is 16.6. The summed E-state index contributed by atoms with van der Waals surface area (Å²) in [6, 6.07) is -0.123. The molecule has 0 N–H and O–H groups in total. The molecule has 0 unspecified atom stereocenters. The van der Waals surface area contributed by atoms with Gasteiger partial charge in [-0.2, -0.15) is 5.10 Å². The van der Waals surface area contributed by atoms with Crippen LogP contribution in [0, 0.1) is 0 Å². The molecule has 0 amide bonds. The van der Waals surface area contributed by atoms with Crippen LogP contribution in [0.25, 0.3) is 0 Å². The topological polar surface area (TPSA) is 72.3 Å². The van der Waals surface area contributed by atoms with Crippen LogP contribution in [0.1, 0.15) is 44.6 Å². The van der Waals surface area contributed by atoms with Crippen molar-refractivity contribution in [2.75, 3.05) is 13.1 Å². The van der Waals surface area contributed by atoms with Crippen LogP contribution in [0.2, 0.25) is 10.0 Å². The Morgan fingerprint density at radius 1 is 1.09 bits per heavy atom. The molecule has 0 aromatic carbocycles. The van der Waals surface area contributed by atoms with E-state index in [2.05, 4.69) is 5.10 Å². The summed E-state index contributed by atoms with van der Waals surface area (Å²) in [5, 5.41) is 3.81. The van der Waals surface area contributed by atoms with Gasteiger partial charge in [-0.05, 0) is 38.5 Å². The third kappa shape index (κ3) is 3.29. The number of aromatic nitrogens is 2. The molecular formula is C14H19Cl2N3O3S. The SMILES string of the molecule is O=c1c(Cl)c(Cl)cnn1[C@H]1CC[C@H](S(=O)(=O)N2CCCC2)CC1. The van der Waals surface area contributed by atoms with Gasteiger partial charge in [-0.1, -0.05) is 23.2 Å². The van der Waals surface area contributed by atoms with Crippen molar-refractivity contribution in [3.63, 3.8) is 0 Å². The highest BCUT2D eigenvalue weighted by molar-refractivity contribution is 7.89. The van der Waals surface area contributed by atoms with Crippen LogP contribution in [0.3, 0.4) is 0 Å². The lowest BCUT2D eigenvalue weighted by Gasteiger charge is -2.31. The molecule has 0 bridgehead atoms. The Balaban J connectivity index is 1.72. The lowest BCUT2D eigenvalue weighted by molar-refractivity contribution is 0.312. The molecule has 1 aliphatic carbocycles. The summed E-state index contributed by atoms with van der Waals surface area (Å²) in [6.07, 6.45) is 5.52. The van der Waals surface area contributed by atoms with E-state index in [1.807, 2.05) is 0 Å². The van der Waals surface area contributed by atoms with Crippen LogP contribution in [0.15, 0.2) is 11.0 Å². The Hall–Kier alpha value is -0.630. The van der Waals surface area contributed by atoms with E-state index in [-0.39, 0.29) is 21.3 Å². The van der Waals surface area contributed by atoms with E-state index < -0.39 is 15.6 Å². The summed E-state index contributed by atoms with van der Waals surface area (Å²) in [5.41, 5.74) is -0.412. The minimum atomic E-state index is -3.21. The summed E-state index contributed by atoms with van der Waals surface area (Å²) in [5.74, 6) is 0. The molecule has 1 aromatic rings. The van der Waals surface area contributed by atoms with Gasteiger partial charge in [-0.3, -0.25) is 4.79 Å². The van der Waals surface area contributed by atoms with Gasteiger partial charge in [0.2, 0.25) is 10.0 Å². The molecule has 0 radical (unpaired) electrons. The van der Waals surface area contributed by atoms with Crippen LogP contribution in [-0.4, -0.2) is 40.8 Å². The molecule has 23 heavy (non-hydrogen) atoms.